The minimum Gasteiger partial charge on any atom is -0.384 e. The molecule has 0 aliphatic rings. The molecule has 0 spiro atoms. The topological polar surface area (TPSA) is 107 Å². The maximum Gasteiger partial charge on any atom is 0.229 e. The Hall–Kier alpha value is -2.87. The highest BCUT2D eigenvalue weighted by Gasteiger charge is 2.09. The predicted octanol–water partition coefficient (Wildman–Crippen LogP) is 2.64. The fourth-order valence-corrected chi connectivity index (χ4v) is 2.14. The Morgan fingerprint density at radius 1 is 1.22 bits per heavy atom. The third-order valence-electron chi connectivity index (χ3n) is 3.02. The number of nitrogens with two attached hydrogens (primary N) is 1. The normalized spacial score (nSPS) is 10.6. The van der Waals surface area contributed by atoms with Gasteiger partial charge in [-0.25, -0.2) is 9.97 Å². The summed E-state index contributed by atoms with van der Waals surface area (Å²) < 4.78 is 1.71. The summed E-state index contributed by atoms with van der Waals surface area (Å²) in [4.78, 5) is 12.7. The molecule has 0 fully saturated rings. The Bertz CT molecular complexity index is 845. The van der Waals surface area contributed by atoms with Gasteiger partial charge >= 0.3 is 0 Å². The Labute approximate surface area is 137 Å². The van der Waals surface area contributed by atoms with E-state index in [4.69, 9.17) is 17.3 Å². The first-order valence-electron chi connectivity index (χ1n) is 6.80. The van der Waals surface area contributed by atoms with E-state index < -0.39 is 0 Å². The molecule has 118 valence electrons. The number of anilines is 5. The standard InChI is InChI=1S/C14H15ClN8/c1-8-10(7-23(2)22-8)18-14-17-6-9(15)13(21-14)20-12-5-3-4-11(16)19-12/h3-7H,1-2H3,(H4,16,17,18,19,20,21). The van der Waals surface area contributed by atoms with Crippen LogP contribution >= 0.6 is 11.6 Å². The summed E-state index contributed by atoms with van der Waals surface area (Å²) in [6, 6.07) is 5.26. The van der Waals surface area contributed by atoms with Gasteiger partial charge in [0.05, 0.1) is 17.6 Å². The summed E-state index contributed by atoms with van der Waals surface area (Å²) in [5, 5.41) is 10.8. The molecule has 3 rings (SSSR count). The molecule has 23 heavy (non-hydrogen) atoms. The van der Waals surface area contributed by atoms with Gasteiger partial charge in [-0.1, -0.05) is 17.7 Å². The molecule has 4 N–H and O–H groups in total. The Balaban J connectivity index is 1.85. The third kappa shape index (κ3) is 3.49. The predicted molar refractivity (Wildman–Crippen MR) is 90.2 cm³/mol. The summed E-state index contributed by atoms with van der Waals surface area (Å²) in [6.07, 6.45) is 3.36. The number of nitrogens with zero attached hydrogens (tertiary/aromatic N) is 5. The lowest BCUT2D eigenvalue weighted by Crippen LogP contribution is -2.03. The summed E-state index contributed by atoms with van der Waals surface area (Å²) in [5.74, 6) is 1.79. The molecule has 8 nitrogen and oxygen atoms in total. The number of nitrogens with one attached hydrogen (secondary N) is 2. The third-order valence-corrected chi connectivity index (χ3v) is 3.30. The van der Waals surface area contributed by atoms with Gasteiger partial charge in [-0.15, -0.1) is 0 Å². The van der Waals surface area contributed by atoms with Crippen LogP contribution in [-0.4, -0.2) is 24.7 Å². The fourth-order valence-electron chi connectivity index (χ4n) is 2.00. The zero-order valence-corrected chi connectivity index (χ0v) is 13.3. The molecule has 0 bridgehead atoms. The minimum atomic E-state index is 0.377. The molecule has 3 aromatic rings. The van der Waals surface area contributed by atoms with Crippen molar-refractivity contribution in [1.82, 2.24) is 24.7 Å². The van der Waals surface area contributed by atoms with E-state index in [1.807, 2.05) is 20.2 Å². The van der Waals surface area contributed by atoms with Gasteiger partial charge in [-0.3, -0.25) is 4.68 Å². The summed E-state index contributed by atoms with van der Waals surface area (Å²) >= 11 is 6.13. The van der Waals surface area contributed by atoms with Crippen LogP contribution in [0.3, 0.4) is 0 Å². The molecule has 3 aromatic heterocycles. The van der Waals surface area contributed by atoms with Gasteiger partial charge in [0, 0.05) is 13.2 Å². The van der Waals surface area contributed by atoms with Crippen molar-refractivity contribution >= 4 is 40.7 Å². The average molecular weight is 331 g/mol. The molecular weight excluding hydrogens is 316 g/mol. The fraction of sp³-hybridized carbons (Fsp3) is 0.143. The first-order valence-corrected chi connectivity index (χ1v) is 7.18. The molecule has 0 aromatic carbocycles. The Kier molecular flexibility index (Phi) is 3.98. The van der Waals surface area contributed by atoms with Gasteiger partial charge in [-0.2, -0.15) is 10.1 Å². The molecule has 0 unspecified atom stereocenters. The van der Waals surface area contributed by atoms with E-state index in [1.165, 1.54) is 6.20 Å². The first-order chi connectivity index (χ1) is 11.0. The van der Waals surface area contributed by atoms with Crippen molar-refractivity contribution in [2.24, 2.45) is 7.05 Å². The maximum absolute atomic E-state index is 6.13. The van der Waals surface area contributed by atoms with Crippen LogP contribution in [0, 0.1) is 6.92 Å². The van der Waals surface area contributed by atoms with Crippen LogP contribution in [0.15, 0.2) is 30.6 Å². The second-order valence-electron chi connectivity index (χ2n) is 4.89. The molecule has 0 saturated heterocycles. The molecule has 3 heterocycles. The van der Waals surface area contributed by atoms with E-state index >= 15 is 0 Å². The SMILES string of the molecule is Cc1nn(C)cc1Nc1ncc(Cl)c(Nc2cccc(N)n2)n1. The highest BCUT2D eigenvalue weighted by atomic mass is 35.5. The highest BCUT2D eigenvalue weighted by Crippen LogP contribution is 2.24. The summed E-state index contributed by atoms with van der Waals surface area (Å²) in [6.45, 7) is 1.90. The van der Waals surface area contributed by atoms with Crippen molar-refractivity contribution in [3.63, 3.8) is 0 Å². The van der Waals surface area contributed by atoms with Gasteiger partial charge in [-0.05, 0) is 19.1 Å². The molecule has 9 heteroatoms. The molecular formula is C14H15ClN8. The van der Waals surface area contributed by atoms with Gasteiger partial charge in [0.2, 0.25) is 5.95 Å². The van der Waals surface area contributed by atoms with Crippen LogP contribution in [-0.2, 0) is 7.05 Å². The average Bonchev–Trinajstić information content (AvgIpc) is 2.80. The first kappa shape index (κ1) is 15.0. The van der Waals surface area contributed by atoms with Crippen LogP contribution in [0.4, 0.5) is 29.1 Å². The van der Waals surface area contributed by atoms with Crippen molar-refractivity contribution in [3.05, 3.63) is 41.3 Å². The molecule has 0 aliphatic heterocycles. The second kappa shape index (κ2) is 6.09. The van der Waals surface area contributed by atoms with E-state index in [1.54, 1.807) is 22.9 Å². The summed E-state index contributed by atoms with van der Waals surface area (Å²) in [5.41, 5.74) is 7.33. The van der Waals surface area contributed by atoms with Gasteiger partial charge in [0.15, 0.2) is 5.82 Å². The van der Waals surface area contributed by atoms with Gasteiger partial charge in [0.1, 0.15) is 16.7 Å². The van der Waals surface area contributed by atoms with Crippen molar-refractivity contribution in [3.8, 4) is 0 Å². The number of nitrogen functional groups attached to an aromatic ring is 1. The summed E-state index contributed by atoms with van der Waals surface area (Å²) in [7, 11) is 1.85. The van der Waals surface area contributed by atoms with E-state index in [0.29, 0.717) is 28.4 Å². The molecule has 0 amide bonds. The van der Waals surface area contributed by atoms with Crippen LogP contribution < -0.4 is 16.4 Å². The molecule has 0 aliphatic carbocycles. The van der Waals surface area contributed by atoms with Gasteiger partial charge < -0.3 is 16.4 Å². The zero-order chi connectivity index (χ0) is 16.4. The zero-order valence-electron chi connectivity index (χ0n) is 12.6. The number of hydrogen-bond donors (Lipinski definition) is 3. The Morgan fingerprint density at radius 3 is 2.74 bits per heavy atom. The largest absolute Gasteiger partial charge is 0.384 e. The van der Waals surface area contributed by atoms with Crippen molar-refractivity contribution in [2.75, 3.05) is 16.4 Å². The van der Waals surface area contributed by atoms with E-state index in [2.05, 4.69) is 30.7 Å². The number of pyridine rings is 1. The van der Waals surface area contributed by atoms with Crippen molar-refractivity contribution in [1.29, 1.82) is 0 Å². The highest BCUT2D eigenvalue weighted by molar-refractivity contribution is 6.32. The van der Waals surface area contributed by atoms with E-state index in [-0.39, 0.29) is 0 Å². The van der Waals surface area contributed by atoms with Crippen molar-refractivity contribution in [2.45, 2.75) is 6.92 Å². The van der Waals surface area contributed by atoms with Crippen LogP contribution in [0.5, 0.6) is 0 Å². The molecule has 0 saturated carbocycles. The van der Waals surface area contributed by atoms with Gasteiger partial charge in [0.25, 0.3) is 0 Å². The minimum absolute atomic E-state index is 0.377. The lowest BCUT2D eigenvalue weighted by molar-refractivity contribution is 0.756. The maximum atomic E-state index is 6.13. The number of aryl methyl sites for hydroxylation is 2. The smallest absolute Gasteiger partial charge is 0.229 e. The number of halogens is 1. The number of rotatable bonds is 4. The molecule has 0 atom stereocenters. The van der Waals surface area contributed by atoms with E-state index in [9.17, 15) is 0 Å². The lowest BCUT2D eigenvalue weighted by Gasteiger charge is -2.09. The van der Waals surface area contributed by atoms with E-state index in [0.717, 1.165) is 11.4 Å². The quantitative estimate of drug-likeness (QED) is 0.675. The van der Waals surface area contributed by atoms with Crippen molar-refractivity contribution < 1.29 is 0 Å². The second-order valence-corrected chi connectivity index (χ2v) is 5.30. The number of aromatic nitrogens is 5. The Morgan fingerprint density at radius 2 is 2.04 bits per heavy atom. The molecule has 0 radical (unpaired) electrons. The van der Waals surface area contributed by atoms with Crippen LogP contribution in [0.25, 0.3) is 0 Å². The monoisotopic (exact) mass is 330 g/mol. The van der Waals surface area contributed by atoms with Crippen LogP contribution in [0.1, 0.15) is 5.69 Å². The number of hydrogen-bond acceptors (Lipinski definition) is 7. The lowest BCUT2D eigenvalue weighted by atomic mass is 10.4. The van der Waals surface area contributed by atoms with Crippen LogP contribution in [0.2, 0.25) is 5.02 Å².